The lowest BCUT2D eigenvalue weighted by Gasteiger charge is -2.26. The second-order valence-electron chi connectivity index (χ2n) is 7.95. The molecule has 0 fully saturated rings. The van der Waals surface area contributed by atoms with Crippen molar-refractivity contribution in [1.82, 2.24) is 9.88 Å². The summed E-state index contributed by atoms with van der Waals surface area (Å²) < 4.78 is 13.4. The van der Waals surface area contributed by atoms with Crippen LogP contribution in [0.1, 0.15) is 22.3 Å². The van der Waals surface area contributed by atoms with Crippen LogP contribution in [-0.2, 0) is 13.1 Å². The van der Waals surface area contributed by atoms with Gasteiger partial charge in [-0.25, -0.2) is 4.39 Å². The first-order valence-corrected chi connectivity index (χ1v) is 10.8. The number of H-pyrrole nitrogens is 1. The van der Waals surface area contributed by atoms with Gasteiger partial charge >= 0.3 is 0 Å². The van der Waals surface area contributed by atoms with Gasteiger partial charge in [0, 0.05) is 17.8 Å². The number of aromatic nitrogens is 1. The zero-order valence-corrected chi connectivity index (χ0v) is 18.8. The highest BCUT2D eigenvalue weighted by Crippen LogP contribution is 2.20. The van der Waals surface area contributed by atoms with Crippen LogP contribution in [-0.4, -0.2) is 15.0 Å². The summed E-state index contributed by atoms with van der Waals surface area (Å²) in [5.41, 5.74) is 5.25. The number of pyridine rings is 1. The van der Waals surface area contributed by atoms with Gasteiger partial charge in [0.2, 0.25) is 0 Å². The lowest BCUT2D eigenvalue weighted by atomic mass is 10.1. The third-order valence-electron chi connectivity index (χ3n) is 5.33. The van der Waals surface area contributed by atoms with Crippen LogP contribution >= 0.6 is 12.2 Å². The maximum absolute atomic E-state index is 13.4. The van der Waals surface area contributed by atoms with Crippen molar-refractivity contribution in [3.8, 4) is 0 Å². The van der Waals surface area contributed by atoms with Gasteiger partial charge in [0.25, 0.3) is 5.56 Å². The average molecular weight is 446 g/mol. The van der Waals surface area contributed by atoms with Crippen LogP contribution in [0, 0.1) is 19.7 Å². The van der Waals surface area contributed by atoms with Crippen molar-refractivity contribution < 1.29 is 4.39 Å². The fourth-order valence-corrected chi connectivity index (χ4v) is 4.04. The zero-order valence-electron chi connectivity index (χ0n) is 18.0. The fourth-order valence-electron chi connectivity index (χ4n) is 3.79. The SMILES string of the molecule is Cc1cc(C)c2[nH]c(=O)c(CN(Cc3ccc(F)cc3)C(=S)Nc3ccccc3)cc2c1. The molecule has 1 aromatic heterocycles. The number of para-hydroxylation sites is 1. The number of thiocarbonyl (C=S) groups is 1. The van der Waals surface area contributed by atoms with Crippen molar-refractivity contribution in [2.24, 2.45) is 0 Å². The first kappa shape index (κ1) is 21.7. The standard InChI is InChI=1S/C26H24FN3OS/c1-17-12-18(2)24-20(13-17)14-21(25(31)29-24)16-30(15-19-8-10-22(27)11-9-19)26(32)28-23-6-4-3-5-7-23/h3-14H,15-16H2,1-2H3,(H,28,32)(H,29,31). The van der Waals surface area contributed by atoms with Gasteiger partial charge in [0.1, 0.15) is 5.82 Å². The molecule has 1 heterocycles. The lowest BCUT2D eigenvalue weighted by Crippen LogP contribution is -2.35. The van der Waals surface area contributed by atoms with E-state index in [1.165, 1.54) is 12.1 Å². The van der Waals surface area contributed by atoms with E-state index in [-0.39, 0.29) is 11.4 Å². The van der Waals surface area contributed by atoms with Crippen molar-refractivity contribution in [1.29, 1.82) is 0 Å². The minimum atomic E-state index is -0.290. The maximum Gasteiger partial charge on any atom is 0.253 e. The lowest BCUT2D eigenvalue weighted by molar-refractivity contribution is 0.411. The van der Waals surface area contributed by atoms with E-state index in [0.29, 0.717) is 23.8 Å². The molecule has 162 valence electrons. The highest BCUT2D eigenvalue weighted by Gasteiger charge is 2.15. The van der Waals surface area contributed by atoms with E-state index in [4.69, 9.17) is 12.2 Å². The first-order chi connectivity index (χ1) is 15.4. The van der Waals surface area contributed by atoms with Gasteiger partial charge in [-0.2, -0.15) is 0 Å². The molecule has 0 amide bonds. The monoisotopic (exact) mass is 445 g/mol. The molecule has 0 bridgehead atoms. The summed E-state index contributed by atoms with van der Waals surface area (Å²) >= 11 is 5.69. The Kier molecular flexibility index (Phi) is 6.32. The molecular weight excluding hydrogens is 421 g/mol. The molecule has 0 aliphatic heterocycles. The van der Waals surface area contributed by atoms with Crippen LogP contribution in [0.2, 0.25) is 0 Å². The summed E-state index contributed by atoms with van der Waals surface area (Å²) in [6, 6.07) is 22.0. The minimum Gasteiger partial charge on any atom is -0.340 e. The summed E-state index contributed by atoms with van der Waals surface area (Å²) in [5.74, 6) is -0.290. The maximum atomic E-state index is 13.4. The normalized spacial score (nSPS) is 10.8. The average Bonchev–Trinajstić information content (AvgIpc) is 2.76. The molecule has 0 radical (unpaired) electrons. The van der Waals surface area contributed by atoms with Gasteiger partial charge in [0.15, 0.2) is 5.11 Å². The van der Waals surface area contributed by atoms with Gasteiger partial charge in [-0.3, -0.25) is 4.79 Å². The molecule has 3 aromatic carbocycles. The molecule has 6 heteroatoms. The number of fused-ring (bicyclic) bond motifs is 1. The van der Waals surface area contributed by atoms with Crippen LogP contribution in [0.4, 0.5) is 10.1 Å². The molecule has 0 unspecified atom stereocenters. The summed E-state index contributed by atoms with van der Waals surface area (Å²) in [6.45, 7) is 4.78. The number of nitrogens with one attached hydrogen (secondary N) is 2. The molecule has 4 aromatic rings. The number of benzene rings is 3. The summed E-state index contributed by atoms with van der Waals surface area (Å²) in [5, 5.41) is 4.71. The molecule has 0 spiro atoms. The van der Waals surface area contributed by atoms with Crippen molar-refractivity contribution >= 4 is 33.9 Å². The molecule has 0 aliphatic carbocycles. The molecule has 4 rings (SSSR count). The Hall–Kier alpha value is -3.51. The Bertz CT molecular complexity index is 1320. The zero-order chi connectivity index (χ0) is 22.7. The molecule has 0 saturated carbocycles. The number of hydrogen-bond acceptors (Lipinski definition) is 2. The summed E-state index contributed by atoms with van der Waals surface area (Å²) in [6.07, 6.45) is 0. The van der Waals surface area contributed by atoms with Crippen molar-refractivity contribution in [3.05, 3.63) is 111 Å². The largest absolute Gasteiger partial charge is 0.340 e. The number of hydrogen-bond donors (Lipinski definition) is 2. The number of rotatable bonds is 5. The second kappa shape index (κ2) is 9.32. The predicted octanol–water partition coefficient (Wildman–Crippen LogP) is 5.68. The van der Waals surface area contributed by atoms with Gasteiger partial charge in [0.05, 0.1) is 12.1 Å². The number of nitrogens with zero attached hydrogens (tertiary/aromatic N) is 1. The van der Waals surface area contributed by atoms with Gasteiger partial charge < -0.3 is 15.2 Å². The van der Waals surface area contributed by atoms with E-state index >= 15 is 0 Å². The van der Waals surface area contributed by atoms with E-state index in [9.17, 15) is 9.18 Å². The minimum absolute atomic E-state index is 0.143. The molecule has 2 N–H and O–H groups in total. The Morgan fingerprint density at radius 3 is 2.44 bits per heavy atom. The van der Waals surface area contributed by atoms with E-state index in [2.05, 4.69) is 22.4 Å². The van der Waals surface area contributed by atoms with E-state index < -0.39 is 0 Å². The summed E-state index contributed by atoms with van der Waals surface area (Å²) in [7, 11) is 0. The Morgan fingerprint density at radius 1 is 1.00 bits per heavy atom. The van der Waals surface area contributed by atoms with Gasteiger partial charge in [-0.05, 0) is 79.0 Å². The second-order valence-corrected chi connectivity index (χ2v) is 8.34. The van der Waals surface area contributed by atoms with Crippen LogP contribution < -0.4 is 10.9 Å². The van der Waals surface area contributed by atoms with Crippen LogP contribution in [0.5, 0.6) is 0 Å². The van der Waals surface area contributed by atoms with Crippen molar-refractivity contribution in [2.45, 2.75) is 26.9 Å². The third-order valence-corrected chi connectivity index (χ3v) is 5.69. The molecule has 0 aliphatic rings. The van der Waals surface area contributed by atoms with Crippen molar-refractivity contribution in [3.63, 3.8) is 0 Å². The smallest absolute Gasteiger partial charge is 0.253 e. The van der Waals surface area contributed by atoms with Crippen LogP contribution in [0.25, 0.3) is 10.9 Å². The Morgan fingerprint density at radius 2 is 1.72 bits per heavy atom. The first-order valence-electron chi connectivity index (χ1n) is 10.4. The van der Waals surface area contributed by atoms with E-state index in [1.807, 2.05) is 55.1 Å². The number of anilines is 1. The predicted molar refractivity (Wildman–Crippen MR) is 132 cm³/mol. The quantitative estimate of drug-likeness (QED) is 0.388. The molecule has 0 atom stereocenters. The van der Waals surface area contributed by atoms with Gasteiger partial charge in [-0.1, -0.05) is 42.0 Å². The Balaban J connectivity index is 1.67. The highest BCUT2D eigenvalue weighted by atomic mass is 32.1. The van der Waals surface area contributed by atoms with Gasteiger partial charge in [-0.15, -0.1) is 0 Å². The Labute approximate surface area is 191 Å². The molecular formula is C26H24FN3OS. The van der Waals surface area contributed by atoms with E-state index in [0.717, 1.165) is 33.3 Å². The molecule has 32 heavy (non-hydrogen) atoms. The number of aromatic amines is 1. The topological polar surface area (TPSA) is 48.1 Å². The summed E-state index contributed by atoms with van der Waals surface area (Å²) in [4.78, 5) is 17.8. The van der Waals surface area contributed by atoms with E-state index in [1.54, 1.807) is 12.1 Å². The molecule has 4 nitrogen and oxygen atoms in total. The third kappa shape index (κ3) is 5.03. The number of halogens is 1. The highest BCUT2D eigenvalue weighted by molar-refractivity contribution is 7.80. The van der Waals surface area contributed by atoms with Crippen molar-refractivity contribution in [2.75, 3.05) is 5.32 Å². The van der Waals surface area contributed by atoms with Crippen LogP contribution in [0.15, 0.2) is 77.6 Å². The number of aryl methyl sites for hydroxylation is 2. The molecule has 0 saturated heterocycles. The fraction of sp³-hybridized carbons (Fsp3) is 0.154. The van der Waals surface area contributed by atoms with Crippen LogP contribution in [0.3, 0.4) is 0 Å².